The summed E-state index contributed by atoms with van der Waals surface area (Å²) < 4.78 is 2.40. The molecule has 0 saturated carbocycles. The molecule has 0 radical (unpaired) electrons. The van der Waals surface area contributed by atoms with Crippen molar-refractivity contribution in [3.63, 3.8) is 0 Å². The highest BCUT2D eigenvalue weighted by atomic mass is 127. The minimum absolute atomic E-state index is 0.0479. The summed E-state index contributed by atoms with van der Waals surface area (Å²) in [6.45, 7) is 0. The molecule has 0 fully saturated rings. The number of nitrogens with one attached hydrogen (secondary N) is 1. The molecule has 0 atom stereocenters. The zero-order valence-electron chi connectivity index (χ0n) is 13.1. The van der Waals surface area contributed by atoms with Gasteiger partial charge in [0.15, 0.2) is 0 Å². The summed E-state index contributed by atoms with van der Waals surface area (Å²) in [7, 11) is 0. The summed E-state index contributed by atoms with van der Waals surface area (Å²) in [6.07, 6.45) is 1.26. The van der Waals surface area contributed by atoms with Crippen LogP contribution in [0.3, 0.4) is 0 Å². The van der Waals surface area contributed by atoms with Crippen molar-refractivity contribution in [1.29, 1.82) is 0 Å². The molecule has 26 heavy (non-hydrogen) atoms. The van der Waals surface area contributed by atoms with Crippen LogP contribution in [0, 0.1) is 13.7 Å². The maximum atomic E-state index is 11.7. The molecule has 2 aromatic heterocycles. The zero-order valence-corrected chi connectivity index (χ0v) is 15.2. The average Bonchev–Trinajstić information content (AvgIpc) is 3.07. The van der Waals surface area contributed by atoms with Gasteiger partial charge in [-0.1, -0.05) is 17.3 Å². The van der Waals surface area contributed by atoms with Crippen molar-refractivity contribution in [1.82, 2.24) is 25.0 Å². The molecule has 10 heteroatoms. The van der Waals surface area contributed by atoms with Crippen LogP contribution in [0.15, 0.2) is 54.9 Å². The zero-order chi connectivity index (χ0) is 18.1. The number of rotatable bonds is 4. The predicted octanol–water partition coefficient (Wildman–Crippen LogP) is 3.47. The summed E-state index contributed by atoms with van der Waals surface area (Å²) in [5.41, 5.74) is 1.64. The van der Waals surface area contributed by atoms with Crippen molar-refractivity contribution in [2.45, 2.75) is 0 Å². The molecule has 0 aliphatic rings. The second kappa shape index (κ2) is 6.63. The number of fused-ring (bicyclic) bond motifs is 1. The molecule has 4 aromatic rings. The Kier molecular flexibility index (Phi) is 4.16. The highest BCUT2D eigenvalue weighted by Crippen LogP contribution is 2.31. The highest BCUT2D eigenvalue weighted by Gasteiger charge is 2.26. The number of anilines is 2. The summed E-state index contributed by atoms with van der Waals surface area (Å²) in [5, 5.41) is 22.8. The van der Waals surface area contributed by atoms with E-state index in [1.54, 1.807) is 18.2 Å². The predicted molar refractivity (Wildman–Crippen MR) is 104 cm³/mol. The molecular formula is C16H10IN7O2. The second-order valence-electron chi connectivity index (χ2n) is 5.27. The van der Waals surface area contributed by atoms with Crippen LogP contribution >= 0.6 is 22.6 Å². The van der Waals surface area contributed by atoms with E-state index < -0.39 is 4.92 Å². The van der Waals surface area contributed by atoms with E-state index in [2.05, 4.69) is 48.2 Å². The molecule has 0 aliphatic heterocycles. The van der Waals surface area contributed by atoms with E-state index in [0.29, 0.717) is 16.7 Å². The normalized spacial score (nSPS) is 10.8. The summed E-state index contributed by atoms with van der Waals surface area (Å²) in [4.78, 5) is 19.3. The minimum atomic E-state index is -0.527. The molecule has 2 heterocycles. The van der Waals surface area contributed by atoms with E-state index in [-0.39, 0.29) is 17.3 Å². The number of aromatic nitrogens is 5. The molecule has 0 saturated heterocycles. The van der Waals surface area contributed by atoms with E-state index in [9.17, 15) is 10.1 Å². The van der Waals surface area contributed by atoms with E-state index in [1.165, 1.54) is 11.0 Å². The van der Waals surface area contributed by atoms with Gasteiger partial charge in [0.2, 0.25) is 11.6 Å². The van der Waals surface area contributed by atoms with Crippen LogP contribution in [0.5, 0.6) is 0 Å². The summed E-state index contributed by atoms with van der Waals surface area (Å²) in [6, 6.07) is 14.6. The number of nitrogens with zero attached hydrogens (tertiary/aromatic N) is 6. The van der Waals surface area contributed by atoms with Crippen LogP contribution in [0.25, 0.3) is 16.9 Å². The molecule has 2 aromatic carbocycles. The van der Waals surface area contributed by atoms with E-state index in [0.717, 1.165) is 3.57 Å². The number of hydrogen-bond donors (Lipinski definition) is 1. The average molecular weight is 459 g/mol. The fourth-order valence-electron chi connectivity index (χ4n) is 2.48. The first-order valence-corrected chi connectivity index (χ1v) is 8.54. The monoisotopic (exact) mass is 459 g/mol. The first-order chi connectivity index (χ1) is 12.6. The Bertz CT molecular complexity index is 1110. The smallest absolute Gasteiger partial charge is 0.334 e. The molecule has 0 aliphatic carbocycles. The maximum absolute atomic E-state index is 11.7. The van der Waals surface area contributed by atoms with Crippen molar-refractivity contribution in [2.75, 3.05) is 5.32 Å². The van der Waals surface area contributed by atoms with Gasteiger partial charge in [0.25, 0.3) is 0 Å². The van der Waals surface area contributed by atoms with Crippen molar-refractivity contribution in [2.24, 2.45) is 0 Å². The van der Waals surface area contributed by atoms with Crippen molar-refractivity contribution in [3.05, 3.63) is 68.5 Å². The van der Waals surface area contributed by atoms with Crippen molar-refractivity contribution < 1.29 is 4.92 Å². The Morgan fingerprint density at radius 2 is 1.85 bits per heavy atom. The minimum Gasteiger partial charge on any atom is -0.334 e. The molecule has 4 rings (SSSR count). The molecule has 9 nitrogen and oxygen atoms in total. The lowest BCUT2D eigenvalue weighted by Gasteiger charge is -2.08. The maximum Gasteiger partial charge on any atom is 0.356 e. The van der Waals surface area contributed by atoms with Gasteiger partial charge in [0.05, 0.1) is 10.4 Å². The lowest BCUT2D eigenvalue weighted by molar-refractivity contribution is -0.384. The standard InChI is InChI=1S/C16H10IN7O2/c17-10-5-7-11(8-6-10)20-15-14(24(25)26)16(19-9-18-15)23-13-4-2-1-3-12(13)21-22-23/h1-9H,(H,18,19,20). The van der Waals surface area contributed by atoms with Gasteiger partial charge in [-0.3, -0.25) is 10.1 Å². The largest absolute Gasteiger partial charge is 0.356 e. The van der Waals surface area contributed by atoms with Gasteiger partial charge in [-0.05, 0) is 59.0 Å². The van der Waals surface area contributed by atoms with Gasteiger partial charge in [-0.25, -0.2) is 9.97 Å². The third-order valence-electron chi connectivity index (χ3n) is 3.64. The van der Waals surface area contributed by atoms with Gasteiger partial charge >= 0.3 is 5.69 Å². The first-order valence-electron chi connectivity index (χ1n) is 7.46. The van der Waals surface area contributed by atoms with Crippen LogP contribution in [-0.2, 0) is 0 Å². The van der Waals surface area contributed by atoms with Gasteiger partial charge in [-0.15, -0.1) is 5.10 Å². The Morgan fingerprint density at radius 3 is 2.62 bits per heavy atom. The van der Waals surface area contributed by atoms with Gasteiger partial charge in [0.1, 0.15) is 11.8 Å². The summed E-state index contributed by atoms with van der Waals surface area (Å²) >= 11 is 2.18. The van der Waals surface area contributed by atoms with E-state index in [4.69, 9.17) is 0 Å². The first kappa shape index (κ1) is 16.3. The lowest BCUT2D eigenvalue weighted by atomic mass is 10.3. The fraction of sp³-hybridized carbons (Fsp3) is 0. The number of benzene rings is 2. The molecule has 1 N–H and O–H groups in total. The molecular weight excluding hydrogens is 449 g/mol. The SMILES string of the molecule is O=[N+]([O-])c1c(Nc2ccc(I)cc2)ncnc1-n1nnc2ccccc21. The van der Waals surface area contributed by atoms with Crippen LogP contribution in [0.2, 0.25) is 0 Å². The third kappa shape index (κ3) is 2.94. The van der Waals surface area contributed by atoms with Crippen LogP contribution in [-0.4, -0.2) is 29.9 Å². The molecule has 0 amide bonds. The Balaban J connectivity index is 1.86. The number of hydrogen-bond acceptors (Lipinski definition) is 7. The number of para-hydroxylation sites is 1. The van der Waals surface area contributed by atoms with E-state index >= 15 is 0 Å². The Morgan fingerprint density at radius 1 is 1.08 bits per heavy atom. The third-order valence-corrected chi connectivity index (χ3v) is 4.36. The van der Waals surface area contributed by atoms with Crippen molar-refractivity contribution >= 4 is 50.8 Å². The topological polar surface area (TPSA) is 112 Å². The van der Waals surface area contributed by atoms with Crippen LogP contribution in [0.4, 0.5) is 17.2 Å². The highest BCUT2D eigenvalue weighted by molar-refractivity contribution is 14.1. The lowest BCUT2D eigenvalue weighted by Crippen LogP contribution is -2.08. The van der Waals surface area contributed by atoms with Gasteiger partial charge in [0, 0.05) is 9.26 Å². The van der Waals surface area contributed by atoms with Crippen LogP contribution in [0.1, 0.15) is 0 Å². The number of halogens is 1. The number of nitro groups is 1. The molecule has 0 spiro atoms. The Hall–Kier alpha value is -3.15. The second-order valence-corrected chi connectivity index (χ2v) is 6.52. The molecule has 0 unspecified atom stereocenters. The fourth-order valence-corrected chi connectivity index (χ4v) is 2.84. The van der Waals surface area contributed by atoms with Gasteiger partial charge in [-0.2, -0.15) is 4.68 Å². The summed E-state index contributed by atoms with van der Waals surface area (Å²) in [5.74, 6) is 0.132. The van der Waals surface area contributed by atoms with Crippen molar-refractivity contribution in [3.8, 4) is 5.82 Å². The molecule has 128 valence electrons. The quantitative estimate of drug-likeness (QED) is 0.283. The van der Waals surface area contributed by atoms with Gasteiger partial charge < -0.3 is 5.32 Å². The Labute approximate surface area is 160 Å². The molecule has 0 bridgehead atoms. The van der Waals surface area contributed by atoms with Crippen LogP contribution < -0.4 is 5.32 Å². The van der Waals surface area contributed by atoms with E-state index in [1.807, 2.05) is 30.3 Å².